The molecule has 89 valence electrons. The fraction of sp³-hybridized carbons (Fsp3) is 0. The molecule has 0 saturated heterocycles. The van der Waals surface area contributed by atoms with Gasteiger partial charge in [0.15, 0.2) is 0 Å². The molecule has 4 rings (SSSR count). The summed E-state index contributed by atoms with van der Waals surface area (Å²) in [5, 5.41) is 2.64. The Bertz CT molecular complexity index is 862. The molecule has 1 nitrogen and oxygen atoms in total. The van der Waals surface area contributed by atoms with Crippen molar-refractivity contribution in [3.63, 3.8) is 0 Å². The van der Waals surface area contributed by atoms with Crippen LogP contribution in [0.1, 0.15) is 0 Å². The highest BCUT2D eigenvalue weighted by Gasteiger charge is 2.06. The van der Waals surface area contributed by atoms with Gasteiger partial charge in [-0.15, -0.1) is 11.3 Å². The summed E-state index contributed by atoms with van der Waals surface area (Å²) in [7, 11) is 0. The molecule has 0 bridgehead atoms. The second kappa shape index (κ2) is 4.18. The van der Waals surface area contributed by atoms with Gasteiger partial charge >= 0.3 is 0 Å². The van der Waals surface area contributed by atoms with Gasteiger partial charge in [0.2, 0.25) is 0 Å². The van der Waals surface area contributed by atoms with Crippen molar-refractivity contribution in [2.24, 2.45) is 0 Å². The van der Waals surface area contributed by atoms with Crippen molar-refractivity contribution in [2.45, 2.75) is 0 Å². The average Bonchev–Trinajstić information content (AvgIpc) is 2.86. The van der Waals surface area contributed by atoms with E-state index in [2.05, 4.69) is 41.4 Å². The number of thiophene rings is 1. The third-order valence-electron chi connectivity index (χ3n) is 3.33. The minimum absolute atomic E-state index is 1.21. The smallest absolute Gasteiger partial charge is 0.0361 e. The van der Waals surface area contributed by atoms with Gasteiger partial charge in [-0.25, -0.2) is 0 Å². The van der Waals surface area contributed by atoms with Gasteiger partial charge in [0.1, 0.15) is 0 Å². The summed E-state index contributed by atoms with van der Waals surface area (Å²) in [4.78, 5) is 4.07. The summed E-state index contributed by atoms with van der Waals surface area (Å²) >= 11 is 1.82. The summed E-state index contributed by atoms with van der Waals surface area (Å²) in [6, 6.07) is 20.1. The molecule has 1 radical (unpaired) electrons. The Kier molecular flexibility index (Phi) is 2.35. The van der Waals surface area contributed by atoms with E-state index in [1.165, 1.54) is 31.3 Å². The molecule has 0 atom stereocenters. The monoisotopic (exact) mass is 260 g/mol. The molecule has 0 saturated carbocycles. The zero-order chi connectivity index (χ0) is 12.7. The van der Waals surface area contributed by atoms with Crippen molar-refractivity contribution < 1.29 is 0 Å². The molecule has 0 aliphatic carbocycles. The SMILES string of the molecule is [c]1ccc2c(c1)sc1ccc(-c3ccncc3)cc12. The van der Waals surface area contributed by atoms with Crippen LogP contribution in [0, 0.1) is 6.07 Å². The Morgan fingerprint density at radius 2 is 1.74 bits per heavy atom. The molecule has 0 N–H and O–H groups in total. The lowest BCUT2D eigenvalue weighted by atomic mass is 10.0. The molecule has 0 aliphatic heterocycles. The number of fused-ring (bicyclic) bond motifs is 3. The molecule has 0 aliphatic rings. The van der Waals surface area contributed by atoms with Crippen molar-refractivity contribution in [3.8, 4) is 11.1 Å². The van der Waals surface area contributed by atoms with Crippen LogP contribution >= 0.6 is 11.3 Å². The largest absolute Gasteiger partial charge is 0.265 e. The molecule has 0 spiro atoms. The zero-order valence-corrected chi connectivity index (χ0v) is 10.9. The van der Waals surface area contributed by atoms with Gasteiger partial charge in [0.05, 0.1) is 0 Å². The number of aromatic nitrogens is 1. The molecular weight excluding hydrogens is 250 g/mol. The Labute approximate surface area is 115 Å². The van der Waals surface area contributed by atoms with Crippen molar-refractivity contribution in [3.05, 3.63) is 67.0 Å². The second-order valence-corrected chi connectivity index (χ2v) is 5.55. The molecule has 19 heavy (non-hydrogen) atoms. The van der Waals surface area contributed by atoms with E-state index >= 15 is 0 Å². The summed E-state index contributed by atoms with van der Waals surface area (Å²) < 4.78 is 2.62. The third-order valence-corrected chi connectivity index (χ3v) is 4.46. The Morgan fingerprint density at radius 1 is 0.842 bits per heavy atom. The van der Waals surface area contributed by atoms with E-state index < -0.39 is 0 Å². The van der Waals surface area contributed by atoms with Crippen LogP contribution in [0.4, 0.5) is 0 Å². The predicted molar refractivity (Wildman–Crippen MR) is 81.4 cm³/mol. The Morgan fingerprint density at radius 3 is 2.63 bits per heavy atom. The van der Waals surface area contributed by atoms with E-state index in [1.54, 1.807) is 0 Å². The van der Waals surface area contributed by atoms with Crippen LogP contribution in [0.25, 0.3) is 31.3 Å². The maximum atomic E-state index is 4.07. The summed E-state index contributed by atoms with van der Waals surface area (Å²) in [6.45, 7) is 0. The molecule has 2 aromatic carbocycles. The van der Waals surface area contributed by atoms with Crippen molar-refractivity contribution in [2.75, 3.05) is 0 Å². The van der Waals surface area contributed by atoms with Gasteiger partial charge in [-0.3, -0.25) is 4.98 Å². The van der Waals surface area contributed by atoms with Gasteiger partial charge in [0, 0.05) is 32.6 Å². The minimum Gasteiger partial charge on any atom is -0.265 e. The van der Waals surface area contributed by atoms with Crippen LogP contribution in [0.5, 0.6) is 0 Å². The van der Waals surface area contributed by atoms with Crippen LogP contribution in [0.2, 0.25) is 0 Å². The highest BCUT2D eigenvalue weighted by Crippen LogP contribution is 2.35. The molecule has 0 fully saturated rings. The van der Waals surface area contributed by atoms with E-state index in [9.17, 15) is 0 Å². The highest BCUT2D eigenvalue weighted by atomic mass is 32.1. The molecule has 0 amide bonds. The normalized spacial score (nSPS) is 11.2. The van der Waals surface area contributed by atoms with Crippen LogP contribution in [0.15, 0.2) is 60.9 Å². The molecular formula is C17H10NS. The lowest BCUT2D eigenvalue weighted by molar-refractivity contribution is 1.33. The number of nitrogens with zero attached hydrogens (tertiary/aromatic N) is 1. The predicted octanol–water partition coefficient (Wildman–Crippen LogP) is 4.92. The van der Waals surface area contributed by atoms with E-state index in [1.807, 2.05) is 41.9 Å². The topological polar surface area (TPSA) is 12.9 Å². The number of hydrogen-bond donors (Lipinski definition) is 0. The molecule has 2 heterocycles. The van der Waals surface area contributed by atoms with Gasteiger partial charge in [-0.1, -0.05) is 18.2 Å². The average molecular weight is 260 g/mol. The summed E-state index contributed by atoms with van der Waals surface area (Å²) in [5.41, 5.74) is 2.45. The van der Waals surface area contributed by atoms with E-state index in [0.717, 1.165) is 0 Å². The standard InChI is InChI=1S/C17H10NS/c1-2-4-16-14(3-1)15-11-13(5-6-17(15)19-16)12-7-9-18-10-8-12/h1,3-11H. The van der Waals surface area contributed by atoms with Gasteiger partial charge < -0.3 is 0 Å². The first-order valence-corrected chi connectivity index (χ1v) is 6.96. The van der Waals surface area contributed by atoms with Crippen LogP contribution in [-0.4, -0.2) is 4.98 Å². The molecule has 2 heteroatoms. The van der Waals surface area contributed by atoms with Crippen LogP contribution in [-0.2, 0) is 0 Å². The molecule has 4 aromatic rings. The fourth-order valence-corrected chi connectivity index (χ4v) is 3.46. The molecule has 0 unspecified atom stereocenters. The number of pyridine rings is 1. The molecule has 2 aromatic heterocycles. The number of rotatable bonds is 1. The summed E-state index contributed by atoms with van der Waals surface area (Å²) in [6.07, 6.45) is 3.67. The zero-order valence-electron chi connectivity index (χ0n) is 10.1. The summed E-state index contributed by atoms with van der Waals surface area (Å²) in [5.74, 6) is 0. The van der Waals surface area contributed by atoms with Crippen LogP contribution < -0.4 is 0 Å². The van der Waals surface area contributed by atoms with Crippen LogP contribution in [0.3, 0.4) is 0 Å². The van der Waals surface area contributed by atoms with Gasteiger partial charge in [-0.05, 0) is 47.5 Å². The van der Waals surface area contributed by atoms with E-state index in [0.29, 0.717) is 0 Å². The first kappa shape index (κ1) is 10.7. The minimum atomic E-state index is 1.21. The van der Waals surface area contributed by atoms with Gasteiger partial charge in [-0.2, -0.15) is 0 Å². The Balaban J connectivity index is 2.03. The maximum absolute atomic E-state index is 4.07. The number of benzene rings is 2. The van der Waals surface area contributed by atoms with Crippen molar-refractivity contribution in [1.29, 1.82) is 0 Å². The number of hydrogen-bond acceptors (Lipinski definition) is 2. The fourth-order valence-electron chi connectivity index (χ4n) is 2.39. The Hall–Kier alpha value is -2.19. The van der Waals surface area contributed by atoms with Crippen molar-refractivity contribution >= 4 is 31.5 Å². The third kappa shape index (κ3) is 1.72. The second-order valence-electron chi connectivity index (χ2n) is 4.47. The maximum Gasteiger partial charge on any atom is 0.0361 e. The van der Waals surface area contributed by atoms with E-state index in [4.69, 9.17) is 0 Å². The lowest BCUT2D eigenvalue weighted by Crippen LogP contribution is -1.77. The van der Waals surface area contributed by atoms with Crippen molar-refractivity contribution in [1.82, 2.24) is 4.98 Å². The van der Waals surface area contributed by atoms with E-state index in [-0.39, 0.29) is 0 Å². The lowest BCUT2D eigenvalue weighted by Gasteiger charge is -2.01. The first-order valence-electron chi connectivity index (χ1n) is 6.14. The first-order chi connectivity index (χ1) is 9.42. The van der Waals surface area contributed by atoms with Gasteiger partial charge in [0.25, 0.3) is 0 Å². The quantitative estimate of drug-likeness (QED) is 0.473. The highest BCUT2D eigenvalue weighted by molar-refractivity contribution is 7.25.